The van der Waals surface area contributed by atoms with Crippen molar-refractivity contribution in [1.29, 1.82) is 0 Å². The Bertz CT molecular complexity index is 1830. The van der Waals surface area contributed by atoms with Crippen molar-refractivity contribution in [3.8, 4) is 11.3 Å². The molecule has 0 saturated carbocycles. The maximum absolute atomic E-state index is 13.8. The van der Waals surface area contributed by atoms with Gasteiger partial charge in [0.25, 0.3) is 11.2 Å². The fourth-order valence-electron chi connectivity index (χ4n) is 4.61. The molecule has 40 heavy (non-hydrogen) atoms. The molecule has 2 aromatic carbocycles. The van der Waals surface area contributed by atoms with Crippen LogP contribution in [0.15, 0.2) is 86.1 Å². The number of carbonyl (C=O) groups excluding carboxylic acids is 1. The van der Waals surface area contributed by atoms with Crippen molar-refractivity contribution >= 4 is 34.8 Å². The second-order valence-corrected chi connectivity index (χ2v) is 10.3. The summed E-state index contributed by atoms with van der Waals surface area (Å²) in [6, 6.07) is 16.5. The van der Waals surface area contributed by atoms with E-state index in [2.05, 4.69) is 4.99 Å². The number of anilines is 1. The Hall–Kier alpha value is -4.77. The average molecular weight is 559 g/mol. The van der Waals surface area contributed by atoms with Crippen molar-refractivity contribution in [2.45, 2.75) is 19.9 Å². The molecule has 1 atom stereocenters. The first-order chi connectivity index (χ1) is 19.2. The summed E-state index contributed by atoms with van der Waals surface area (Å²) >= 11 is 1.17. The van der Waals surface area contributed by atoms with Crippen molar-refractivity contribution < 1.29 is 18.9 Å². The minimum atomic E-state index is -0.729. The fourth-order valence-corrected chi connectivity index (χ4v) is 5.63. The standard InChI is InChI=1S/C29H26N4O6S/c1-5-38-28(35)25-17(2)30-29-32(26(25)18-10-12-19(13-11-18)31(3)4)27(34)24(40-29)16-20-14-15-23(39-20)21-8-6-7-9-22(21)33(36)37/h6-16,26H,5H2,1-4H3/t26-/m0/s1. The Morgan fingerprint density at radius 2 is 1.90 bits per heavy atom. The third-order valence-corrected chi connectivity index (χ3v) is 7.49. The number of aromatic nitrogens is 1. The van der Waals surface area contributed by atoms with Gasteiger partial charge in [0.15, 0.2) is 4.80 Å². The van der Waals surface area contributed by atoms with Crippen LogP contribution in [-0.4, -0.2) is 36.2 Å². The first-order valence-electron chi connectivity index (χ1n) is 12.5. The highest BCUT2D eigenvalue weighted by atomic mass is 32.1. The first-order valence-corrected chi connectivity index (χ1v) is 13.3. The zero-order valence-electron chi connectivity index (χ0n) is 22.3. The van der Waals surface area contributed by atoms with Gasteiger partial charge in [-0.15, -0.1) is 0 Å². The van der Waals surface area contributed by atoms with Crippen LogP contribution >= 0.6 is 11.3 Å². The molecule has 5 rings (SSSR count). The summed E-state index contributed by atoms with van der Waals surface area (Å²) in [4.78, 5) is 44.8. The number of rotatable bonds is 7. The van der Waals surface area contributed by atoms with Crippen molar-refractivity contribution in [2.24, 2.45) is 4.99 Å². The molecule has 0 amide bonds. The molecular formula is C29H26N4O6S. The molecule has 2 aromatic heterocycles. The van der Waals surface area contributed by atoms with Crippen LogP contribution in [0, 0.1) is 10.1 Å². The zero-order chi connectivity index (χ0) is 28.6. The van der Waals surface area contributed by atoms with E-state index < -0.39 is 16.9 Å². The number of para-hydroxylation sites is 1. The van der Waals surface area contributed by atoms with Crippen LogP contribution in [0.5, 0.6) is 0 Å². The average Bonchev–Trinajstić information content (AvgIpc) is 3.52. The van der Waals surface area contributed by atoms with E-state index in [0.29, 0.717) is 37.7 Å². The van der Waals surface area contributed by atoms with Gasteiger partial charge < -0.3 is 14.1 Å². The maximum atomic E-state index is 13.8. The second-order valence-electron chi connectivity index (χ2n) is 9.26. The largest absolute Gasteiger partial charge is 0.463 e. The highest BCUT2D eigenvalue weighted by molar-refractivity contribution is 7.07. The van der Waals surface area contributed by atoms with Gasteiger partial charge in [-0.3, -0.25) is 19.5 Å². The van der Waals surface area contributed by atoms with Gasteiger partial charge in [0.2, 0.25) is 0 Å². The summed E-state index contributed by atoms with van der Waals surface area (Å²) in [6.07, 6.45) is 1.58. The Kier molecular flexibility index (Phi) is 7.22. The number of allylic oxidation sites excluding steroid dienone is 1. The second kappa shape index (κ2) is 10.8. The third-order valence-electron chi connectivity index (χ3n) is 6.51. The SMILES string of the molecule is CCOC(=O)C1=C(C)N=c2sc(=Cc3ccc(-c4ccccc4[N+](=O)[O-])o3)c(=O)n2[C@H]1c1ccc(N(C)C)cc1. The lowest BCUT2D eigenvalue weighted by atomic mass is 9.95. The molecule has 1 aliphatic heterocycles. The Morgan fingerprint density at radius 3 is 2.58 bits per heavy atom. The Morgan fingerprint density at radius 1 is 1.18 bits per heavy atom. The minimum absolute atomic E-state index is 0.0787. The molecule has 3 heterocycles. The Labute approximate surface area is 232 Å². The number of nitro groups is 1. The quantitative estimate of drug-likeness (QED) is 0.191. The fraction of sp³-hybridized carbons (Fsp3) is 0.207. The lowest BCUT2D eigenvalue weighted by Crippen LogP contribution is -2.39. The molecule has 1 aliphatic rings. The Balaban J connectivity index is 1.63. The summed E-state index contributed by atoms with van der Waals surface area (Å²) in [7, 11) is 3.87. The van der Waals surface area contributed by atoms with E-state index >= 15 is 0 Å². The van der Waals surface area contributed by atoms with E-state index in [0.717, 1.165) is 11.3 Å². The molecule has 0 bridgehead atoms. The highest BCUT2D eigenvalue weighted by Crippen LogP contribution is 2.32. The van der Waals surface area contributed by atoms with Crippen LogP contribution < -0.4 is 19.8 Å². The number of benzene rings is 2. The number of ether oxygens (including phenoxy) is 1. The normalized spacial score (nSPS) is 15.0. The molecule has 0 spiro atoms. The third kappa shape index (κ3) is 4.87. The van der Waals surface area contributed by atoms with E-state index in [-0.39, 0.29) is 17.9 Å². The number of hydrogen-bond donors (Lipinski definition) is 0. The maximum Gasteiger partial charge on any atom is 0.338 e. The first kappa shape index (κ1) is 26.8. The monoisotopic (exact) mass is 558 g/mol. The van der Waals surface area contributed by atoms with Crippen LogP contribution in [0.3, 0.4) is 0 Å². The van der Waals surface area contributed by atoms with E-state index in [1.54, 1.807) is 50.3 Å². The molecular weight excluding hydrogens is 532 g/mol. The molecule has 0 radical (unpaired) electrons. The molecule has 204 valence electrons. The number of thiazole rings is 1. The van der Waals surface area contributed by atoms with Gasteiger partial charge in [0.05, 0.1) is 38.9 Å². The number of fused-ring (bicyclic) bond motifs is 1. The number of nitro benzene ring substituents is 1. The number of nitrogens with zero attached hydrogens (tertiary/aromatic N) is 4. The van der Waals surface area contributed by atoms with Crippen molar-refractivity contribution in [2.75, 3.05) is 25.6 Å². The predicted molar refractivity (Wildman–Crippen MR) is 152 cm³/mol. The van der Waals surface area contributed by atoms with Crippen LogP contribution in [-0.2, 0) is 9.53 Å². The summed E-state index contributed by atoms with van der Waals surface area (Å²) in [5.41, 5.74) is 2.41. The summed E-state index contributed by atoms with van der Waals surface area (Å²) in [6.45, 7) is 3.65. The van der Waals surface area contributed by atoms with Crippen LogP contribution in [0.2, 0.25) is 0 Å². The molecule has 11 heteroatoms. The van der Waals surface area contributed by atoms with Gasteiger partial charge in [-0.2, -0.15) is 0 Å². The minimum Gasteiger partial charge on any atom is -0.463 e. The van der Waals surface area contributed by atoms with E-state index in [4.69, 9.17) is 9.15 Å². The number of esters is 1. The van der Waals surface area contributed by atoms with Crippen LogP contribution in [0.4, 0.5) is 11.4 Å². The molecule has 0 unspecified atom stereocenters. The number of carbonyl (C=O) groups is 1. The number of hydrogen-bond acceptors (Lipinski definition) is 9. The molecule has 4 aromatic rings. The molecule has 0 saturated heterocycles. The predicted octanol–water partition coefficient (Wildman–Crippen LogP) is 4.03. The highest BCUT2D eigenvalue weighted by Gasteiger charge is 2.33. The summed E-state index contributed by atoms with van der Waals surface area (Å²) < 4.78 is 13.1. The van der Waals surface area contributed by atoms with Crippen molar-refractivity contribution in [3.63, 3.8) is 0 Å². The van der Waals surface area contributed by atoms with E-state index in [1.165, 1.54) is 22.0 Å². The smallest absolute Gasteiger partial charge is 0.338 e. The summed E-state index contributed by atoms with van der Waals surface area (Å²) in [5.74, 6) is 0.136. The van der Waals surface area contributed by atoms with Gasteiger partial charge in [-0.05, 0) is 49.7 Å². The van der Waals surface area contributed by atoms with E-state index in [1.807, 2.05) is 43.3 Å². The summed E-state index contributed by atoms with van der Waals surface area (Å²) in [5, 5.41) is 11.5. The molecule has 0 aliphatic carbocycles. The van der Waals surface area contributed by atoms with Gasteiger partial charge >= 0.3 is 5.97 Å². The van der Waals surface area contributed by atoms with Gasteiger partial charge in [-0.25, -0.2) is 9.79 Å². The molecule has 0 fully saturated rings. The van der Waals surface area contributed by atoms with Gasteiger partial charge in [0.1, 0.15) is 11.5 Å². The van der Waals surface area contributed by atoms with Crippen LogP contribution in [0.25, 0.3) is 17.4 Å². The molecule has 0 N–H and O–H groups in total. The lowest BCUT2D eigenvalue weighted by Gasteiger charge is -2.25. The topological polar surface area (TPSA) is 120 Å². The van der Waals surface area contributed by atoms with Crippen molar-refractivity contribution in [3.05, 3.63) is 113 Å². The number of furan rings is 1. The van der Waals surface area contributed by atoms with Crippen LogP contribution in [0.1, 0.15) is 31.2 Å². The van der Waals surface area contributed by atoms with Gasteiger partial charge in [-0.1, -0.05) is 35.6 Å². The van der Waals surface area contributed by atoms with Crippen molar-refractivity contribution in [1.82, 2.24) is 4.57 Å². The van der Waals surface area contributed by atoms with Gasteiger partial charge in [0, 0.05) is 31.9 Å². The zero-order valence-corrected chi connectivity index (χ0v) is 23.1. The lowest BCUT2D eigenvalue weighted by molar-refractivity contribution is -0.384. The van der Waals surface area contributed by atoms with E-state index in [9.17, 15) is 19.7 Å². The molecule has 10 nitrogen and oxygen atoms in total.